The average molecular weight is 343 g/mol. The van der Waals surface area contributed by atoms with Gasteiger partial charge in [-0.1, -0.05) is 54.5 Å². The highest BCUT2D eigenvalue weighted by atomic mass is 33.1. The minimum atomic E-state index is -0.399. The summed E-state index contributed by atoms with van der Waals surface area (Å²) in [4.78, 5) is 24.8. The quantitative estimate of drug-likeness (QED) is 0.521. The molecule has 0 aliphatic rings. The van der Waals surface area contributed by atoms with Gasteiger partial charge in [-0.2, -0.15) is 0 Å². The van der Waals surface area contributed by atoms with E-state index in [-0.39, 0.29) is 17.6 Å². The first-order valence-corrected chi connectivity index (χ1v) is 9.68. The molecule has 0 atom stereocenters. The minimum Gasteiger partial charge on any atom is -0.312 e. The molecule has 1 aromatic carbocycles. The Labute approximate surface area is 139 Å². The Morgan fingerprint density at radius 1 is 1.27 bits per heavy atom. The summed E-state index contributed by atoms with van der Waals surface area (Å²) in [7, 11) is 4.56. The number of rotatable bonds is 8. The van der Waals surface area contributed by atoms with Crippen molar-refractivity contribution in [3.8, 4) is 0 Å². The van der Waals surface area contributed by atoms with Crippen LogP contribution in [0.4, 0.5) is 10.1 Å². The van der Waals surface area contributed by atoms with Crippen molar-refractivity contribution in [2.45, 2.75) is 32.9 Å². The van der Waals surface area contributed by atoms with Gasteiger partial charge in [-0.25, -0.2) is 4.39 Å². The molecule has 122 valence electrons. The number of carbonyl (C=O) groups excluding carboxylic acids is 2. The molecule has 1 aromatic rings. The molecule has 0 aromatic heterocycles. The Hall–Kier alpha value is -1.01. The first-order valence-electron chi connectivity index (χ1n) is 7.19. The molecule has 0 saturated carbocycles. The van der Waals surface area contributed by atoms with Crippen molar-refractivity contribution in [3.63, 3.8) is 0 Å². The molecule has 1 rings (SSSR count). The summed E-state index contributed by atoms with van der Waals surface area (Å²) in [6, 6.07) is 4.82. The van der Waals surface area contributed by atoms with Crippen LogP contribution in [0, 0.1) is 11.7 Å². The van der Waals surface area contributed by atoms with Crippen molar-refractivity contribution in [3.05, 3.63) is 29.6 Å². The van der Waals surface area contributed by atoms with Gasteiger partial charge in [-0.05, 0) is 11.6 Å². The van der Waals surface area contributed by atoms with Crippen LogP contribution in [0.15, 0.2) is 18.2 Å². The fourth-order valence-electron chi connectivity index (χ4n) is 1.86. The van der Waals surface area contributed by atoms with Crippen molar-refractivity contribution in [1.29, 1.82) is 0 Å². The zero-order valence-corrected chi connectivity index (χ0v) is 15.0. The van der Waals surface area contributed by atoms with Gasteiger partial charge in [0.2, 0.25) is 5.91 Å². The molecule has 22 heavy (non-hydrogen) atoms. The number of amides is 1. The molecule has 0 unspecified atom stereocenters. The molecular weight excluding hydrogens is 321 g/mol. The highest BCUT2D eigenvalue weighted by molar-refractivity contribution is 8.76. The van der Waals surface area contributed by atoms with Crippen LogP contribution in [0.25, 0.3) is 0 Å². The Balaban J connectivity index is 2.81. The van der Waals surface area contributed by atoms with Gasteiger partial charge in [-0.3, -0.25) is 9.59 Å². The molecule has 0 spiro atoms. The second-order valence-corrected chi connectivity index (χ2v) is 7.68. The Kier molecular flexibility index (Phi) is 7.96. The summed E-state index contributed by atoms with van der Waals surface area (Å²) in [5.41, 5.74) is 1.09. The number of halogens is 1. The van der Waals surface area contributed by atoms with E-state index in [9.17, 15) is 14.0 Å². The van der Waals surface area contributed by atoms with Crippen molar-refractivity contribution in [1.82, 2.24) is 0 Å². The predicted octanol–water partition coefficient (Wildman–Crippen LogP) is 4.31. The number of Topliss-reactive ketones (excluding diaryl/α,β-unsaturated/α-hetero) is 1. The fraction of sp³-hybridized carbons (Fsp3) is 0.500. The van der Waals surface area contributed by atoms with Crippen molar-refractivity contribution >= 4 is 39.0 Å². The zero-order chi connectivity index (χ0) is 16.7. The van der Waals surface area contributed by atoms with Crippen LogP contribution >= 0.6 is 21.6 Å². The molecule has 1 amide bonds. The summed E-state index contributed by atoms with van der Waals surface area (Å²) in [5, 5.41) is 0. The smallest absolute Gasteiger partial charge is 0.229 e. The van der Waals surface area contributed by atoms with Crippen molar-refractivity contribution < 1.29 is 14.0 Å². The van der Waals surface area contributed by atoms with Crippen LogP contribution in [0.1, 0.15) is 32.8 Å². The van der Waals surface area contributed by atoms with E-state index >= 15 is 0 Å². The summed E-state index contributed by atoms with van der Waals surface area (Å²) in [5.74, 6) is 0.483. The zero-order valence-electron chi connectivity index (χ0n) is 13.4. The second-order valence-electron chi connectivity index (χ2n) is 5.22. The van der Waals surface area contributed by atoms with Crippen LogP contribution in [-0.4, -0.2) is 24.5 Å². The third kappa shape index (κ3) is 5.32. The maximum atomic E-state index is 14.2. The number of benzene rings is 1. The molecule has 0 saturated heterocycles. The van der Waals surface area contributed by atoms with Crippen LogP contribution < -0.4 is 4.90 Å². The summed E-state index contributed by atoms with van der Waals surface area (Å²) >= 11 is 0. The van der Waals surface area contributed by atoms with E-state index < -0.39 is 5.82 Å². The maximum Gasteiger partial charge on any atom is 0.229 e. The Morgan fingerprint density at radius 2 is 1.95 bits per heavy atom. The van der Waals surface area contributed by atoms with Crippen molar-refractivity contribution in [2.75, 3.05) is 17.7 Å². The highest BCUT2D eigenvalue weighted by Crippen LogP contribution is 2.32. The molecule has 0 N–H and O–H groups in total. The van der Waals surface area contributed by atoms with Gasteiger partial charge in [-0.15, -0.1) is 0 Å². The summed E-state index contributed by atoms with van der Waals surface area (Å²) in [6.45, 7) is 5.42. The van der Waals surface area contributed by atoms with E-state index in [0.717, 1.165) is 5.56 Å². The normalized spacial score (nSPS) is 10.8. The molecule has 0 aliphatic carbocycles. The number of para-hydroxylation sites is 1. The van der Waals surface area contributed by atoms with Crippen LogP contribution in [-0.2, 0) is 15.3 Å². The Bertz CT molecular complexity index is 535. The van der Waals surface area contributed by atoms with Gasteiger partial charge in [0.1, 0.15) is 11.6 Å². The third-order valence-electron chi connectivity index (χ3n) is 3.14. The molecule has 0 heterocycles. The monoisotopic (exact) mass is 343 g/mol. The van der Waals surface area contributed by atoms with Gasteiger partial charge in [0.25, 0.3) is 0 Å². The largest absolute Gasteiger partial charge is 0.312 e. The topological polar surface area (TPSA) is 37.4 Å². The van der Waals surface area contributed by atoms with Crippen LogP contribution in [0.3, 0.4) is 0 Å². The van der Waals surface area contributed by atoms with Crippen LogP contribution in [0.5, 0.6) is 0 Å². The molecular formula is C16H22FNO2S2. The number of carbonyl (C=O) groups is 2. The van der Waals surface area contributed by atoms with E-state index in [4.69, 9.17) is 0 Å². The molecule has 3 nitrogen and oxygen atoms in total. The molecule has 0 aliphatic heterocycles. The number of ketones is 1. The van der Waals surface area contributed by atoms with E-state index in [1.54, 1.807) is 27.0 Å². The van der Waals surface area contributed by atoms with E-state index in [1.807, 2.05) is 13.0 Å². The average Bonchev–Trinajstić information content (AvgIpc) is 2.49. The maximum absolute atomic E-state index is 14.2. The molecule has 0 fully saturated rings. The number of anilines is 1. The van der Waals surface area contributed by atoms with Gasteiger partial charge >= 0.3 is 0 Å². The number of nitrogens with zero attached hydrogens (tertiary/aromatic N) is 1. The highest BCUT2D eigenvalue weighted by Gasteiger charge is 2.20. The summed E-state index contributed by atoms with van der Waals surface area (Å²) in [6.07, 6.45) is 0.532. The van der Waals surface area contributed by atoms with Gasteiger partial charge in [0.05, 0.1) is 11.4 Å². The lowest BCUT2D eigenvalue weighted by Crippen LogP contribution is -2.31. The standard InChI is InChI=1S/C16H22FNO2S2/c1-5-13(19)10-22-21-9-12-7-6-8-14(17)15(12)18(4)16(20)11(2)3/h6-8,11H,5,9-10H2,1-4H3. The molecule has 0 radical (unpaired) electrons. The predicted molar refractivity (Wildman–Crippen MR) is 93.7 cm³/mol. The van der Waals surface area contributed by atoms with Gasteiger partial charge < -0.3 is 4.90 Å². The number of hydrogen-bond acceptors (Lipinski definition) is 4. The lowest BCUT2D eigenvalue weighted by atomic mass is 10.1. The van der Waals surface area contributed by atoms with E-state index in [0.29, 0.717) is 23.6 Å². The summed E-state index contributed by atoms with van der Waals surface area (Å²) < 4.78 is 14.2. The molecule has 6 heteroatoms. The fourth-order valence-corrected chi connectivity index (χ4v) is 4.00. The lowest BCUT2D eigenvalue weighted by Gasteiger charge is -2.23. The van der Waals surface area contributed by atoms with E-state index in [1.165, 1.54) is 32.6 Å². The first-order chi connectivity index (χ1) is 10.4. The molecule has 0 bridgehead atoms. The number of hydrogen-bond donors (Lipinski definition) is 0. The SMILES string of the molecule is CCC(=O)CSSCc1cccc(F)c1N(C)C(=O)C(C)C. The van der Waals surface area contributed by atoms with Crippen molar-refractivity contribution in [2.24, 2.45) is 5.92 Å². The van der Waals surface area contributed by atoms with Crippen LogP contribution in [0.2, 0.25) is 0 Å². The first kappa shape index (κ1) is 19.0. The third-order valence-corrected chi connectivity index (χ3v) is 5.38. The lowest BCUT2D eigenvalue weighted by molar-refractivity contribution is -0.121. The van der Waals surface area contributed by atoms with Gasteiger partial charge in [0, 0.05) is 25.1 Å². The second kappa shape index (κ2) is 9.20. The minimum absolute atomic E-state index is 0.120. The van der Waals surface area contributed by atoms with E-state index in [2.05, 4.69) is 0 Å². The van der Waals surface area contributed by atoms with Gasteiger partial charge in [0.15, 0.2) is 0 Å². The Morgan fingerprint density at radius 3 is 2.55 bits per heavy atom.